The number of carbonyl (C=O) groups is 2. The molecule has 1 amide bonds. The molecule has 0 fully saturated rings. The summed E-state index contributed by atoms with van der Waals surface area (Å²) >= 11 is 6.95. The summed E-state index contributed by atoms with van der Waals surface area (Å²) in [5, 5.41) is 9.01. The van der Waals surface area contributed by atoms with Crippen LogP contribution in [0.2, 0.25) is 4.34 Å². The first-order valence-corrected chi connectivity index (χ1v) is 5.14. The van der Waals surface area contributed by atoms with Crippen molar-refractivity contribution in [3.63, 3.8) is 0 Å². The van der Waals surface area contributed by atoms with Gasteiger partial charge in [0.2, 0.25) is 0 Å². The molecule has 1 N–H and O–H groups in total. The van der Waals surface area contributed by atoms with Gasteiger partial charge in [0.25, 0.3) is 5.91 Å². The maximum Gasteiger partial charge on any atom is 0.328 e. The quantitative estimate of drug-likeness (QED) is 0.829. The normalized spacial score (nSPS) is 10.5. The molecule has 4 nitrogen and oxygen atoms in total. The molecule has 6 heteroatoms. The third kappa shape index (κ3) is 3.38. The number of amides is 1. The van der Waals surface area contributed by atoms with Crippen LogP contribution in [0.3, 0.4) is 0 Å². The van der Waals surface area contributed by atoms with Crippen molar-refractivity contribution >= 4 is 39.8 Å². The van der Waals surface area contributed by atoms with E-state index >= 15 is 0 Å². The summed E-state index contributed by atoms with van der Waals surface area (Å²) in [6.45, 7) is 0. The number of hydrogen-bond acceptors (Lipinski definition) is 3. The Hall–Kier alpha value is -1.33. The van der Waals surface area contributed by atoms with Crippen LogP contribution in [0.4, 0.5) is 5.00 Å². The smallest absolute Gasteiger partial charge is 0.328 e. The monoisotopic (exact) mass is 245 g/mol. The van der Waals surface area contributed by atoms with Gasteiger partial charge >= 0.3 is 5.97 Å². The molecule has 80 valence electrons. The van der Waals surface area contributed by atoms with Crippen molar-refractivity contribution in [2.45, 2.75) is 0 Å². The topological polar surface area (TPSA) is 57.6 Å². The largest absolute Gasteiger partial charge is 0.478 e. The molecule has 1 rings (SSSR count). The zero-order valence-corrected chi connectivity index (χ0v) is 9.38. The fourth-order valence-corrected chi connectivity index (χ4v) is 1.85. The molecule has 0 aromatic carbocycles. The molecule has 0 aliphatic rings. The molecule has 1 heterocycles. The van der Waals surface area contributed by atoms with Crippen molar-refractivity contribution in [3.8, 4) is 0 Å². The molecular formula is C9H8ClNO3S. The summed E-state index contributed by atoms with van der Waals surface area (Å²) in [7, 11) is 1.55. The van der Waals surface area contributed by atoms with Crippen molar-refractivity contribution in [1.82, 2.24) is 0 Å². The van der Waals surface area contributed by atoms with Crippen molar-refractivity contribution in [2.24, 2.45) is 0 Å². The van der Waals surface area contributed by atoms with Crippen molar-refractivity contribution in [1.29, 1.82) is 0 Å². The van der Waals surface area contributed by atoms with E-state index in [-0.39, 0.29) is 0 Å². The van der Waals surface area contributed by atoms with Crippen LogP contribution >= 0.6 is 22.9 Å². The van der Waals surface area contributed by atoms with Crippen LogP contribution in [0.15, 0.2) is 24.3 Å². The second kappa shape index (κ2) is 4.95. The third-order valence-electron chi connectivity index (χ3n) is 1.59. The van der Waals surface area contributed by atoms with Crippen molar-refractivity contribution in [3.05, 3.63) is 28.6 Å². The summed E-state index contributed by atoms with van der Waals surface area (Å²) in [5.74, 6) is -1.56. The number of hydrogen-bond donors (Lipinski definition) is 1. The molecule has 0 aliphatic carbocycles. The van der Waals surface area contributed by atoms with Crippen molar-refractivity contribution < 1.29 is 14.7 Å². The first-order chi connectivity index (χ1) is 7.00. The number of carbonyl (C=O) groups excluding carboxylic acids is 1. The lowest BCUT2D eigenvalue weighted by atomic mass is 10.4. The molecule has 0 atom stereocenters. The van der Waals surface area contributed by atoms with Crippen LogP contribution in [-0.4, -0.2) is 24.0 Å². The first kappa shape index (κ1) is 11.7. The van der Waals surface area contributed by atoms with E-state index < -0.39 is 11.9 Å². The lowest BCUT2D eigenvalue weighted by Crippen LogP contribution is -2.23. The molecule has 0 unspecified atom stereocenters. The van der Waals surface area contributed by atoms with Gasteiger partial charge in [-0.25, -0.2) is 4.79 Å². The Kier molecular flexibility index (Phi) is 3.88. The average molecular weight is 246 g/mol. The number of rotatable bonds is 3. The Morgan fingerprint density at radius 1 is 1.47 bits per heavy atom. The minimum Gasteiger partial charge on any atom is -0.478 e. The predicted octanol–water partition coefficient (Wildman–Crippen LogP) is 2.01. The molecule has 0 bridgehead atoms. The van der Waals surface area contributed by atoms with Crippen LogP contribution in [0.5, 0.6) is 0 Å². The van der Waals surface area contributed by atoms with Gasteiger partial charge < -0.3 is 10.0 Å². The number of thiophene rings is 1. The molecule has 0 radical (unpaired) electrons. The van der Waals surface area contributed by atoms with Crippen LogP contribution in [0.25, 0.3) is 0 Å². The Morgan fingerprint density at radius 2 is 2.13 bits per heavy atom. The van der Waals surface area contributed by atoms with Crippen LogP contribution in [-0.2, 0) is 9.59 Å². The van der Waals surface area contributed by atoms with E-state index in [0.29, 0.717) is 9.34 Å². The summed E-state index contributed by atoms with van der Waals surface area (Å²) in [5.41, 5.74) is 0. The first-order valence-electron chi connectivity index (χ1n) is 3.94. The Balaban J connectivity index is 2.73. The lowest BCUT2D eigenvalue weighted by Gasteiger charge is -2.11. The molecule has 15 heavy (non-hydrogen) atoms. The Labute approximate surface area is 95.4 Å². The molecule has 0 saturated carbocycles. The van der Waals surface area contributed by atoms with Gasteiger partial charge in [0.05, 0.1) is 9.34 Å². The van der Waals surface area contributed by atoms with Crippen molar-refractivity contribution in [2.75, 3.05) is 11.9 Å². The summed E-state index contributed by atoms with van der Waals surface area (Å²) < 4.78 is 0.576. The van der Waals surface area contributed by atoms with Gasteiger partial charge in [-0.1, -0.05) is 11.6 Å². The fraction of sp³-hybridized carbons (Fsp3) is 0.111. The highest BCUT2D eigenvalue weighted by Crippen LogP contribution is 2.28. The van der Waals surface area contributed by atoms with E-state index in [1.807, 2.05) is 0 Å². The fourth-order valence-electron chi connectivity index (χ4n) is 0.848. The van der Waals surface area contributed by atoms with Gasteiger partial charge in [-0.05, 0) is 12.1 Å². The van der Waals surface area contributed by atoms with E-state index in [1.165, 1.54) is 16.2 Å². The highest BCUT2D eigenvalue weighted by molar-refractivity contribution is 7.20. The summed E-state index contributed by atoms with van der Waals surface area (Å²) in [6, 6.07) is 3.37. The Bertz CT molecular complexity index is 413. The SMILES string of the molecule is CN(C(=O)/C=C/C(=O)O)c1ccc(Cl)s1. The number of carboxylic acid groups (broad SMARTS) is 1. The van der Waals surface area contributed by atoms with E-state index in [0.717, 1.165) is 12.2 Å². The van der Waals surface area contributed by atoms with Gasteiger partial charge in [-0.15, -0.1) is 11.3 Å². The second-order valence-electron chi connectivity index (χ2n) is 2.65. The Morgan fingerprint density at radius 3 is 2.60 bits per heavy atom. The average Bonchev–Trinajstić information content (AvgIpc) is 2.60. The van der Waals surface area contributed by atoms with E-state index in [2.05, 4.69) is 0 Å². The van der Waals surface area contributed by atoms with Crippen LogP contribution in [0.1, 0.15) is 0 Å². The van der Waals surface area contributed by atoms with Crippen LogP contribution in [0, 0.1) is 0 Å². The highest BCUT2D eigenvalue weighted by Gasteiger charge is 2.09. The standard InChI is InChI=1S/C9H8ClNO3S/c1-11(7(12)3-5-9(13)14)8-4-2-6(10)15-8/h2-5H,1H3,(H,13,14)/b5-3+. The number of likely N-dealkylation sites (N-methyl/N-ethyl adjacent to an activating group) is 1. The molecule has 1 aromatic rings. The van der Waals surface area contributed by atoms with Gasteiger partial charge in [-0.3, -0.25) is 4.79 Å². The zero-order chi connectivity index (χ0) is 11.4. The molecule has 1 aromatic heterocycles. The zero-order valence-electron chi connectivity index (χ0n) is 7.81. The molecule has 0 spiro atoms. The highest BCUT2D eigenvalue weighted by atomic mass is 35.5. The van der Waals surface area contributed by atoms with Gasteiger partial charge in [0.1, 0.15) is 0 Å². The molecular weight excluding hydrogens is 238 g/mol. The van der Waals surface area contributed by atoms with Gasteiger partial charge in [-0.2, -0.15) is 0 Å². The minimum atomic E-state index is -1.15. The van der Waals surface area contributed by atoms with Crippen LogP contribution < -0.4 is 4.90 Å². The maximum absolute atomic E-state index is 11.4. The number of anilines is 1. The minimum absolute atomic E-state index is 0.407. The number of aliphatic carboxylic acids is 1. The molecule has 0 aliphatic heterocycles. The predicted molar refractivity (Wildman–Crippen MR) is 59.5 cm³/mol. The third-order valence-corrected chi connectivity index (χ3v) is 2.90. The summed E-state index contributed by atoms with van der Waals surface area (Å²) in [6.07, 6.45) is 1.80. The number of halogens is 1. The lowest BCUT2D eigenvalue weighted by molar-refractivity contribution is -0.131. The number of nitrogens with zero attached hydrogens (tertiary/aromatic N) is 1. The van der Waals surface area contributed by atoms with E-state index in [9.17, 15) is 9.59 Å². The number of carboxylic acids is 1. The molecule has 0 saturated heterocycles. The van der Waals surface area contributed by atoms with Gasteiger partial charge in [0, 0.05) is 19.2 Å². The van der Waals surface area contributed by atoms with E-state index in [4.69, 9.17) is 16.7 Å². The van der Waals surface area contributed by atoms with E-state index in [1.54, 1.807) is 19.2 Å². The van der Waals surface area contributed by atoms with Gasteiger partial charge in [0.15, 0.2) is 0 Å². The maximum atomic E-state index is 11.4. The summed E-state index contributed by atoms with van der Waals surface area (Å²) in [4.78, 5) is 22.9. The second-order valence-corrected chi connectivity index (χ2v) is 4.34.